The fourth-order valence-corrected chi connectivity index (χ4v) is 2.00. The summed E-state index contributed by atoms with van der Waals surface area (Å²) in [6.45, 7) is 0.534. The van der Waals surface area contributed by atoms with Crippen molar-refractivity contribution in [3.63, 3.8) is 0 Å². The lowest BCUT2D eigenvalue weighted by atomic mass is 10.2. The van der Waals surface area contributed by atoms with E-state index >= 15 is 0 Å². The quantitative estimate of drug-likeness (QED) is 0.515. The number of rotatable bonds is 7. The van der Waals surface area contributed by atoms with Gasteiger partial charge in [0.05, 0.1) is 12.2 Å². The maximum Gasteiger partial charge on any atom is 0.401 e. The van der Waals surface area contributed by atoms with Crippen molar-refractivity contribution in [3.8, 4) is 0 Å². The molecule has 10 heteroatoms. The fourth-order valence-electron chi connectivity index (χ4n) is 2.00. The van der Waals surface area contributed by atoms with Crippen LogP contribution in [0.1, 0.15) is 13.3 Å². The highest BCUT2D eigenvalue weighted by molar-refractivity contribution is 5.92. The van der Waals surface area contributed by atoms with Gasteiger partial charge in [0, 0.05) is 19.2 Å². The summed E-state index contributed by atoms with van der Waals surface area (Å²) in [5.74, 6) is -1.03. The molecule has 3 amide bonds. The van der Waals surface area contributed by atoms with Gasteiger partial charge in [-0.25, -0.2) is 9.18 Å². The molecule has 3 N–H and O–H groups in total. The van der Waals surface area contributed by atoms with Crippen LogP contribution in [0.25, 0.3) is 0 Å². The van der Waals surface area contributed by atoms with E-state index in [0.717, 1.165) is 11.0 Å². The second-order valence-corrected chi connectivity index (χ2v) is 5.46. The topological polar surface area (TPSA) is 73.5 Å². The van der Waals surface area contributed by atoms with E-state index in [9.17, 15) is 27.2 Å². The Morgan fingerprint density at radius 1 is 1.20 bits per heavy atom. The number of amides is 3. The van der Waals surface area contributed by atoms with Crippen molar-refractivity contribution in [2.45, 2.75) is 19.5 Å². The van der Waals surface area contributed by atoms with Crippen LogP contribution in [-0.4, -0.2) is 49.7 Å². The van der Waals surface area contributed by atoms with Crippen molar-refractivity contribution in [3.05, 3.63) is 24.0 Å². The van der Waals surface area contributed by atoms with E-state index in [1.165, 1.54) is 26.1 Å². The predicted octanol–water partition coefficient (Wildman–Crippen LogP) is 2.79. The molecular weight excluding hydrogens is 344 g/mol. The van der Waals surface area contributed by atoms with Gasteiger partial charge in [0.1, 0.15) is 5.82 Å². The third-order valence-corrected chi connectivity index (χ3v) is 2.99. The molecule has 0 aromatic heterocycles. The van der Waals surface area contributed by atoms with E-state index in [4.69, 9.17) is 0 Å². The first-order valence-electron chi connectivity index (χ1n) is 7.44. The first-order chi connectivity index (χ1) is 11.6. The van der Waals surface area contributed by atoms with Gasteiger partial charge >= 0.3 is 12.2 Å². The van der Waals surface area contributed by atoms with Crippen LogP contribution in [0.15, 0.2) is 18.2 Å². The summed E-state index contributed by atoms with van der Waals surface area (Å²) < 4.78 is 50.1. The van der Waals surface area contributed by atoms with Crippen LogP contribution in [0.3, 0.4) is 0 Å². The second kappa shape index (κ2) is 9.21. The number of nitrogens with one attached hydrogen (secondary N) is 3. The van der Waals surface area contributed by atoms with Gasteiger partial charge in [-0.05, 0) is 38.2 Å². The Bertz CT molecular complexity index is 608. The number of benzene rings is 1. The SMILES string of the molecule is CC(=O)Nc1ccc(F)c(NC(=O)NCCCN(C)CC(F)(F)F)c1. The molecule has 0 heterocycles. The molecule has 0 aliphatic carbocycles. The zero-order chi connectivity index (χ0) is 19.0. The summed E-state index contributed by atoms with van der Waals surface area (Å²) in [5.41, 5.74) is 0.191. The normalized spacial score (nSPS) is 11.3. The van der Waals surface area contributed by atoms with E-state index in [2.05, 4.69) is 16.0 Å². The smallest absolute Gasteiger partial charge is 0.338 e. The lowest BCUT2D eigenvalue weighted by Gasteiger charge is -2.18. The zero-order valence-electron chi connectivity index (χ0n) is 13.8. The number of halogens is 4. The van der Waals surface area contributed by atoms with Crippen LogP contribution in [0, 0.1) is 5.82 Å². The van der Waals surface area contributed by atoms with Crippen molar-refractivity contribution >= 4 is 23.3 Å². The Kier molecular flexibility index (Phi) is 7.62. The van der Waals surface area contributed by atoms with Crippen LogP contribution in [0.5, 0.6) is 0 Å². The van der Waals surface area contributed by atoms with Gasteiger partial charge in [-0.2, -0.15) is 13.2 Å². The number of hydrogen-bond acceptors (Lipinski definition) is 3. The van der Waals surface area contributed by atoms with E-state index < -0.39 is 24.6 Å². The molecule has 6 nitrogen and oxygen atoms in total. The molecule has 1 rings (SSSR count). The van der Waals surface area contributed by atoms with Crippen molar-refractivity contribution in [2.24, 2.45) is 0 Å². The monoisotopic (exact) mass is 364 g/mol. The average Bonchev–Trinajstić information content (AvgIpc) is 2.45. The molecule has 0 fully saturated rings. The average molecular weight is 364 g/mol. The molecule has 0 unspecified atom stereocenters. The molecule has 0 bridgehead atoms. The van der Waals surface area contributed by atoms with Gasteiger partial charge in [0.15, 0.2) is 0 Å². The number of carbonyl (C=O) groups excluding carboxylic acids is 2. The number of urea groups is 1. The van der Waals surface area contributed by atoms with E-state index in [0.29, 0.717) is 12.1 Å². The predicted molar refractivity (Wildman–Crippen MR) is 85.9 cm³/mol. The van der Waals surface area contributed by atoms with Gasteiger partial charge in [0.25, 0.3) is 0 Å². The third-order valence-electron chi connectivity index (χ3n) is 2.99. The third kappa shape index (κ3) is 8.89. The van der Waals surface area contributed by atoms with Gasteiger partial charge < -0.3 is 16.0 Å². The summed E-state index contributed by atoms with van der Waals surface area (Å²) >= 11 is 0. The molecule has 0 saturated carbocycles. The highest BCUT2D eigenvalue weighted by atomic mass is 19.4. The summed E-state index contributed by atoms with van der Waals surface area (Å²) in [7, 11) is 1.33. The van der Waals surface area contributed by atoms with E-state index in [-0.39, 0.29) is 24.7 Å². The second-order valence-electron chi connectivity index (χ2n) is 5.46. The van der Waals surface area contributed by atoms with E-state index in [1.54, 1.807) is 0 Å². The molecule has 0 spiro atoms. The fraction of sp³-hybridized carbons (Fsp3) is 0.467. The molecule has 0 atom stereocenters. The first kappa shape index (κ1) is 20.7. The zero-order valence-corrected chi connectivity index (χ0v) is 13.8. The lowest BCUT2D eigenvalue weighted by Crippen LogP contribution is -2.35. The first-order valence-corrected chi connectivity index (χ1v) is 7.44. The Morgan fingerprint density at radius 2 is 1.88 bits per heavy atom. The summed E-state index contributed by atoms with van der Waals surface area (Å²) in [5, 5.41) is 7.16. The highest BCUT2D eigenvalue weighted by Crippen LogP contribution is 2.19. The summed E-state index contributed by atoms with van der Waals surface area (Å²) in [4.78, 5) is 23.8. The standard InChI is InChI=1S/C15H20F4N4O2/c1-10(24)21-11-4-5-12(16)13(8-11)22-14(25)20-6-3-7-23(2)9-15(17,18)19/h4-5,8H,3,6-7,9H2,1-2H3,(H,21,24)(H2,20,22,25). The van der Waals surface area contributed by atoms with Gasteiger partial charge in [-0.1, -0.05) is 0 Å². The molecule has 0 radical (unpaired) electrons. The molecule has 1 aromatic carbocycles. The van der Waals surface area contributed by atoms with Gasteiger partial charge in [0.2, 0.25) is 5.91 Å². The van der Waals surface area contributed by atoms with Crippen molar-refractivity contribution in [1.29, 1.82) is 0 Å². The number of nitrogens with zero attached hydrogens (tertiary/aromatic N) is 1. The number of alkyl halides is 3. The van der Waals surface area contributed by atoms with Crippen LogP contribution in [-0.2, 0) is 4.79 Å². The largest absolute Gasteiger partial charge is 0.401 e. The van der Waals surface area contributed by atoms with Crippen molar-refractivity contribution < 1.29 is 27.2 Å². The summed E-state index contributed by atoms with van der Waals surface area (Å²) in [6, 6.07) is 2.99. The van der Waals surface area contributed by atoms with Crippen LogP contribution >= 0.6 is 0 Å². The Morgan fingerprint density at radius 3 is 2.48 bits per heavy atom. The highest BCUT2D eigenvalue weighted by Gasteiger charge is 2.28. The van der Waals surface area contributed by atoms with Gasteiger partial charge in [-0.3, -0.25) is 9.69 Å². The Balaban J connectivity index is 2.40. The van der Waals surface area contributed by atoms with Crippen molar-refractivity contribution in [1.82, 2.24) is 10.2 Å². The molecule has 0 aliphatic heterocycles. The maximum atomic E-state index is 13.7. The van der Waals surface area contributed by atoms with Crippen molar-refractivity contribution in [2.75, 3.05) is 37.3 Å². The molecule has 25 heavy (non-hydrogen) atoms. The summed E-state index contributed by atoms with van der Waals surface area (Å²) in [6.07, 6.45) is -3.97. The number of anilines is 2. The number of carbonyl (C=O) groups is 2. The van der Waals surface area contributed by atoms with Crippen LogP contribution in [0.4, 0.5) is 33.7 Å². The molecule has 0 saturated heterocycles. The van der Waals surface area contributed by atoms with Crippen LogP contribution < -0.4 is 16.0 Å². The van der Waals surface area contributed by atoms with Crippen LogP contribution in [0.2, 0.25) is 0 Å². The molecule has 1 aromatic rings. The maximum absolute atomic E-state index is 13.7. The minimum absolute atomic E-state index is 0.126. The Labute approximate surface area is 142 Å². The van der Waals surface area contributed by atoms with E-state index in [1.807, 2.05) is 0 Å². The lowest BCUT2D eigenvalue weighted by molar-refractivity contribution is -0.143. The minimum Gasteiger partial charge on any atom is -0.338 e. The van der Waals surface area contributed by atoms with Gasteiger partial charge in [-0.15, -0.1) is 0 Å². The Hall–Kier alpha value is -2.36. The number of hydrogen-bond donors (Lipinski definition) is 3. The minimum atomic E-state index is -4.27. The molecular formula is C15H20F4N4O2. The molecule has 140 valence electrons. The molecule has 0 aliphatic rings.